The number of nitrogens with zero attached hydrogens (tertiary/aromatic N) is 8. The van der Waals surface area contributed by atoms with Crippen LogP contribution in [0.25, 0.3) is 33.9 Å². The molecule has 0 aliphatic heterocycles. The molecule has 0 spiro atoms. The molecule has 0 aliphatic rings. The van der Waals surface area contributed by atoms with Crippen molar-refractivity contribution in [2.75, 3.05) is 0 Å². The van der Waals surface area contributed by atoms with Gasteiger partial charge in [-0.1, -0.05) is 35.9 Å². The Bertz CT molecular complexity index is 1560. The molecule has 0 radical (unpaired) electrons. The molecule has 8 nitrogen and oxygen atoms in total. The molecular weight excluding hydrogens is 493 g/mol. The van der Waals surface area contributed by atoms with E-state index in [1.807, 2.05) is 33.0 Å². The highest BCUT2D eigenvalue weighted by atomic mass is 35.5. The summed E-state index contributed by atoms with van der Waals surface area (Å²) in [5.74, 6) is 0.701. The summed E-state index contributed by atoms with van der Waals surface area (Å²) in [4.78, 5) is 13.0. The number of alkyl halides is 3. The Morgan fingerprint density at radius 3 is 2.39 bits per heavy atom. The minimum atomic E-state index is -4.49. The van der Waals surface area contributed by atoms with Crippen molar-refractivity contribution in [3.8, 4) is 22.9 Å². The lowest BCUT2D eigenvalue weighted by molar-refractivity contribution is -0.140. The number of aryl methyl sites for hydroxylation is 2. The van der Waals surface area contributed by atoms with Crippen molar-refractivity contribution in [3.05, 3.63) is 64.8 Å². The fraction of sp³-hybridized carbons (Fsp3) is 0.292. The Balaban J connectivity index is 1.48. The topological polar surface area (TPSA) is 79.2 Å². The largest absolute Gasteiger partial charge is 0.434 e. The van der Waals surface area contributed by atoms with Crippen LogP contribution in [-0.4, -0.2) is 39.1 Å². The molecule has 12 heteroatoms. The summed E-state index contributed by atoms with van der Waals surface area (Å²) in [5.41, 5.74) is 3.44. The lowest BCUT2D eigenvalue weighted by Crippen LogP contribution is -2.06. The average Bonchev–Trinajstić information content (AvgIpc) is 3.49. The van der Waals surface area contributed by atoms with Gasteiger partial charge in [0.05, 0.1) is 23.1 Å². The second-order valence-corrected chi connectivity index (χ2v) is 9.22. The van der Waals surface area contributed by atoms with E-state index in [2.05, 4.69) is 20.2 Å². The van der Waals surface area contributed by atoms with E-state index in [1.54, 1.807) is 40.9 Å². The van der Waals surface area contributed by atoms with Crippen LogP contribution in [0.3, 0.4) is 0 Å². The summed E-state index contributed by atoms with van der Waals surface area (Å²) < 4.78 is 44.0. The lowest BCUT2D eigenvalue weighted by Gasteiger charge is -2.10. The summed E-state index contributed by atoms with van der Waals surface area (Å²) in [6.07, 6.45) is 0.255. The first-order valence-corrected chi connectivity index (χ1v) is 11.5. The molecule has 4 heterocycles. The van der Waals surface area contributed by atoms with Gasteiger partial charge in [-0.3, -0.25) is 9.36 Å². The van der Waals surface area contributed by atoms with Gasteiger partial charge >= 0.3 is 6.18 Å². The van der Waals surface area contributed by atoms with Crippen LogP contribution in [0.4, 0.5) is 13.2 Å². The van der Waals surface area contributed by atoms with E-state index in [-0.39, 0.29) is 11.9 Å². The van der Waals surface area contributed by atoms with Crippen molar-refractivity contribution in [3.63, 3.8) is 0 Å². The highest BCUT2D eigenvalue weighted by Gasteiger charge is 2.34. The van der Waals surface area contributed by atoms with Crippen molar-refractivity contribution in [2.45, 2.75) is 32.5 Å². The Hall–Kier alpha value is -3.73. The van der Waals surface area contributed by atoms with E-state index in [4.69, 9.17) is 16.6 Å². The summed E-state index contributed by atoms with van der Waals surface area (Å²) in [7, 11) is 3.36. The number of rotatable bonds is 5. The normalized spacial score (nSPS) is 12.2. The zero-order chi connectivity index (χ0) is 25.8. The molecule has 0 saturated carbocycles. The molecule has 0 aliphatic carbocycles. The number of halogens is 4. The van der Waals surface area contributed by atoms with Gasteiger partial charge < -0.3 is 4.57 Å². The van der Waals surface area contributed by atoms with E-state index >= 15 is 0 Å². The number of benzene rings is 1. The predicted octanol–water partition coefficient (Wildman–Crippen LogP) is 5.47. The minimum absolute atomic E-state index is 0.0737. The number of fused-ring (bicyclic) bond motifs is 1. The maximum Gasteiger partial charge on any atom is 0.434 e. The standard InChI is InChI=1S/C24H22ClF3N8/c1-13(2)36-21(16(25)10-30-36)22-29-11-18-20(32-22)17(33-35(18)4)9-14-5-7-15(8-6-14)23-31-19(12-34(23)3)24(26,27)28/h5-8,10-13H,9H2,1-4H3. The van der Waals surface area contributed by atoms with Crippen molar-refractivity contribution in [2.24, 2.45) is 14.1 Å². The number of hydrogen-bond donors (Lipinski definition) is 0. The molecule has 0 N–H and O–H groups in total. The quantitative estimate of drug-likeness (QED) is 0.311. The Morgan fingerprint density at radius 2 is 1.75 bits per heavy atom. The summed E-state index contributed by atoms with van der Waals surface area (Å²) in [6.45, 7) is 4.00. The van der Waals surface area contributed by atoms with Gasteiger partial charge in [-0.25, -0.2) is 15.0 Å². The number of hydrogen-bond acceptors (Lipinski definition) is 5. The first-order chi connectivity index (χ1) is 17.0. The van der Waals surface area contributed by atoms with E-state index in [0.29, 0.717) is 34.0 Å². The van der Waals surface area contributed by atoms with Crippen molar-refractivity contribution >= 4 is 22.6 Å². The average molecular weight is 515 g/mol. The first kappa shape index (κ1) is 24.0. The van der Waals surface area contributed by atoms with Crippen LogP contribution >= 0.6 is 11.6 Å². The van der Waals surface area contributed by atoms with E-state index in [0.717, 1.165) is 23.0 Å². The van der Waals surface area contributed by atoms with Gasteiger partial charge in [0, 0.05) is 38.3 Å². The molecule has 0 amide bonds. The third kappa shape index (κ3) is 4.23. The minimum Gasteiger partial charge on any atom is -0.333 e. The SMILES string of the molecule is CC(C)n1ncc(Cl)c1-c1ncc2c(n1)c(Cc1ccc(-c3nc(C(F)(F)F)cn3C)cc1)nn2C. The molecule has 0 saturated heterocycles. The van der Waals surface area contributed by atoms with Gasteiger partial charge in [-0.05, 0) is 19.4 Å². The van der Waals surface area contributed by atoms with E-state index in [1.165, 1.54) is 4.57 Å². The third-order valence-electron chi connectivity index (χ3n) is 5.86. The molecular formula is C24H22ClF3N8. The van der Waals surface area contributed by atoms with Crippen molar-refractivity contribution < 1.29 is 13.2 Å². The molecule has 36 heavy (non-hydrogen) atoms. The summed E-state index contributed by atoms with van der Waals surface area (Å²) >= 11 is 6.40. The zero-order valence-corrected chi connectivity index (χ0v) is 20.7. The van der Waals surface area contributed by atoms with Crippen molar-refractivity contribution in [1.82, 2.24) is 39.1 Å². The van der Waals surface area contributed by atoms with Crippen LogP contribution in [0.1, 0.15) is 36.8 Å². The summed E-state index contributed by atoms with van der Waals surface area (Å²) in [5, 5.41) is 9.43. The summed E-state index contributed by atoms with van der Waals surface area (Å²) in [6, 6.07) is 7.29. The molecule has 0 atom stereocenters. The van der Waals surface area contributed by atoms with Crippen LogP contribution in [0, 0.1) is 0 Å². The molecule has 1 aromatic carbocycles. The van der Waals surface area contributed by atoms with Crippen LogP contribution in [0.5, 0.6) is 0 Å². The first-order valence-electron chi connectivity index (χ1n) is 11.1. The van der Waals surface area contributed by atoms with Crippen LogP contribution in [0.15, 0.2) is 42.9 Å². The highest BCUT2D eigenvalue weighted by molar-refractivity contribution is 6.32. The Kier molecular flexibility index (Phi) is 5.82. The predicted molar refractivity (Wildman–Crippen MR) is 129 cm³/mol. The molecule has 5 rings (SSSR count). The molecule has 186 valence electrons. The Labute approximate surface area is 209 Å². The van der Waals surface area contributed by atoms with Crippen molar-refractivity contribution in [1.29, 1.82) is 0 Å². The van der Waals surface area contributed by atoms with Crippen LogP contribution in [-0.2, 0) is 26.7 Å². The fourth-order valence-corrected chi connectivity index (χ4v) is 4.33. The highest BCUT2D eigenvalue weighted by Crippen LogP contribution is 2.32. The van der Waals surface area contributed by atoms with E-state index < -0.39 is 11.9 Å². The third-order valence-corrected chi connectivity index (χ3v) is 6.14. The fourth-order valence-electron chi connectivity index (χ4n) is 4.12. The van der Waals surface area contributed by atoms with Gasteiger partial charge in [0.25, 0.3) is 0 Å². The molecule has 0 unspecified atom stereocenters. The molecule has 5 aromatic rings. The van der Waals surface area contributed by atoms with Crippen LogP contribution < -0.4 is 0 Å². The van der Waals surface area contributed by atoms with Gasteiger partial charge in [0.1, 0.15) is 22.6 Å². The maximum atomic E-state index is 13.0. The molecule has 0 fully saturated rings. The van der Waals surface area contributed by atoms with Gasteiger partial charge in [0.2, 0.25) is 0 Å². The second kappa shape index (κ2) is 8.74. The Morgan fingerprint density at radius 1 is 1.03 bits per heavy atom. The second-order valence-electron chi connectivity index (χ2n) is 8.81. The van der Waals surface area contributed by atoms with E-state index in [9.17, 15) is 13.2 Å². The lowest BCUT2D eigenvalue weighted by atomic mass is 10.1. The number of imidazole rings is 1. The monoisotopic (exact) mass is 514 g/mol. The zero-order valence-electron chi connectivity index (χ0n) is 19.9. The molecule has 4 aromatic heterocycles. The van der Waals surface area contributed by atoms with Gasteiger partial charge in [-0.15, -0.1) is 0 Å². The maximum absolute atomic E-state index is 13.0. The van der Waals surface area contributed by atoms with Crippen LogP contribution in [0.2, 0.25) is 5.02 Å². The molecule has 0 bridgehead atoms. The van der Waals surface area contributed by atoms with Gasteiger partial charge in [-0.2, -0.15) is 23.4 Å². The van der Waals surface area contributed by atoms with Gasteiger partial charge in [0.15, 0.2) is 11.5 Å². The smallest absolute Gasteiger partial charge is 0.333 e. The number of aromatic nitrogens is 8.